The van der Waals surface area contributed by atoms with Crippen LogP contribution in [0.2, 0.25) is 0 Å². The van der Waals surface area contributed by atoms with Crippen LogP contribution < -0.4 is 0 Å². The molecule has 0 bridgehead atoms. The second-order valence-corrected chi connectivity index (χ2v) is 2.25. The molecule has 0 atom stereocenters. The average molecular weight is 177 g/mol. The van der Waals surface area contributed by atoms with Crippen LogP contribution >= 0.6 is 0 Å². The van der Waals surface area contributed by atoms with Gasteiger partial charge in [-0.3, -0.25) is 0 Å². The molecule has 1 aromatic heterocycles. The number of hydrogen-bond donors (Lipinski definition) is 0. The highest BCUT2D eigenvalue weighted by Gasteiger charge is 2.11. The van der Waals surface area contributed by atoms with E-state index < -0.39 is 0 Å². The number of rotatable bonds is 3. The third-order valence-electron chi connectivity index (χ3n) is 1.45. The van der Waals surface area contributed by atoms with Crippen molar-refractivity contribution in [1.29, 1.82) is 10.5 Å². The van der Waals surface area contributed by atoms with E-state index >= 15 is 0 Å². The molecule has 6 nitrogen and oxygen atoms in total. The molecule has 0 aliphatic rings. The Balaban J connectivity index is 3.02. The van der Waals surface area contributed by atoms with Gasteiger partial charge in [-0.2, -0.15) is 10.5 Å². The van der Waals surface area contributed by atoms with Crippen molar-refractivity contribution in [2.45, 2.75) is 13.2 Å². The summed E-state index contributed by atoms with van der Waals surface area (Å²) in [6.45, 7) is 0.310. The van der Waals surface area contributed by atoms with E-state index in [1.165, 1.54) is 11.8 Å². The Bertz CT molecular complexity index is 369. The zero-order chi connectivity index (χ0) is 9.68. The topological polar surface area (TPSA) is 87.5 Å². The van der Waals surface area contributed by atoms with Gasteiger partial charge < -0.3 is 4.74 Å². The molecule has 0 aliphatic carbocycles. The first kappa shape index (κ1) is 9.17. The van der Waals surface area contributed by atoms with E-state index in [1.54, 1.807) is 0 Å². The summed E-state index contributed by atoms with van der Waals surface area (Å²) in [6.07, 6.45) is 0. The van der Waals surface area contributed by atoms with Crippen LogP contribution in [0, 0.1) is 22.7 Å². The minimum absolute atomic E-state index is 0.0768. The maximum atomic E-state index is 8.62. The van der Waals surface area contributed by atoms with E-state index in [1.807, 2.05) is 12.1 Å². The van der Waals surface area contributed by atoms with Gasteiger partial charge in [-0.1, -0.05) is 5.21 Å². The zero-order valence-corrected chi connectivity index (χ0v) is 7.06. The molecule has 1 rings (SSSR count). The number of nitriles is 2. The summed E-state index contributed by atoms with van der Waals surface area (Å²) in [6, 6.07) is 3.79. The first-order valence-corrected chi connectivity index (χ1v) is 3.51. The lowest BCUT2D eigenvalue weighted by molar-refractivity contribution is 0.177. The highest BCUT2D eigenvalue weighted by molar-refractivity contribution is 5.24. The summed E-state index contributed by atoms with van der Waals surface area (Å²) >= 11 is 0. The van der Waals surface area contributed by atoms with Gasteiger partial charge in [0, 0.05) is 7.11 Å². The van der Waals surface area contributed by atoms with Crippen LogP contribution in [0.1, 0.15) is 11.4 Å². The minimum atomic E-state index is 0.0768. The number of aromatic nitrogens is 3. The molecule has 66 valence electrons. The van der Waals surface area contributed by atoms with Crippen molar-refractivity contribution in [2.75, 3.05) is 7.11 Å². The van der Waals surface area contributed by atoms with Crippen molar-refractivity contribution >= 4 is 0 Å². The van der Waals surface area contributed by atoms with Gasteiger partial charge in [0.25, 0.3) is 0 Å². The molecule has 0 unspecified atom stereocenters. The first-order chi connectivity index (χ1) is 6.33. The monoisotopic (exact) mass is 177 g/mol. The molecule has 0 radical (unpaired) electrons. The van der Waals surface area contributed by atoms with E-state index in [4.69, 9.17) is 15.3 Å². The van der Waals surface area contributed by atoms with E-state index in [0.29, 0.717) is 5.69 Å². The Labute approximate surface area is 75.0 Å². The quantitative estimate of drug-likeness (QED) is 0.639. The highest BCUT2D eigenvalue weighted by atomic mass is 16.5. The van der Waals surface area contributed by atoms with Gasteiger partial charge in [0.15, 0.2) is 5.69 Å². The van der Waals surface area contributed by atoms with Gasteiger partial charge in [0.1, 0.15) is 18.3 Å². The van der Waals surface area contributed by atoms with Gasteiger partial charge in [-0.15, -0.1) is 5.10 Å². The molecular formula is C7H7N5O. The van der Waals surface area contributed by atoms with Crippen LogP contribution in [0.25, 0.3) is 0 Å². The molecule has 0 amide bonds. The van der Waals surface area contributed by atoms with Crippen molar-refractivity contribution < 1.29 is 4.74 Å². The Morgan fingerprint density at radius 1 is 1.54 bits per heavy atom. The molecule has 0 fully saturated rings. The van der Waals surface area contributed by atoms with Crippen LogP contribution in [0.15, 0.2) is 0 Å². The molecule has 6 heteroatoms. The smallest absolute Gasteiger partial charge is 0.188 e. The van der Waals surface area contributed by atoms with Crippen LogP contribution in [-0.4, -0.2) is 22.1 Å². The third kappa shape index (κ3) is 1.81. The summed E-state index contributed by atoms with van der Waals surface area (Å²) in [5.41, 5.74) is 0.739. The van der Waals surface area contributed by atoms with Gasteiger partial charge >= 0.3 is 0 Å². The van der Waals surface area contributed by atoms with E-state index in [-0.39, 0.29) is 18.8 Å². The van der Waals surface area contributed by atoms with Gasteiger partial charge in [0.2, 0.25) is 0 Å². The molecule has 0 saturated carbocycles. The number of ether oxygens (including phenoxy) is 1. The predicted octanol–water partition coefficient (Wildman–Crippen LogP) is -0.180. The second-order valence-electron chi connectivity index (χ2n) is 2.25. The van der Waals surface area contributed by atoms with Crippen LogP contribution in [0.4, 0.5) is 0 Å². The Morgan fingerprint density at radius 2 is 2.31 bits per heavy atom. The van der Waals surface area contributed by atoms with Crippen LogP contribution in [-0.2, 0) is 17.9 Å². The summed E-state index contributed by atoms with van der Waals surface area (Å²) < 4.78 is 6.20. The molecule has 1 heterocycles. The summed E-state index contributed by atoms with van der Waals surface area (Å²) in [5.74, 6) is 0. The number of hydrogen-bond acceptors (Lipinski definition) is 5. The Hall–Kier alpha value is -1.92. The third-order valence-corrected chi connectivity index (χ3v) is 1.45. The van der Waals surface area contributed by atoms with Crippen LogP contribution in [0.3, 0.4) is 0 Å². The van der Waals surface area contributed by atoms with Gasteiger partial charge in [0.05, 0.1) is 12.7 Å². The Morgan fingerprint density at radius 3 is 2.85 bits per heavy atom. The summed E-state index contributed by atoms with van der Waals surface area (Å²) in [5, 5.41) is 24.3. The van der Waals surface area contributed by atoms with E-state index in [9.17, 15) is 0 Å². The minimum Gasteiger partial charge on any atom is -0.378 e. The SMILES string of the molecule is COCc1c(C#N)nnn1CC#N. The lowest BCUT2D eigenvalue weighted by Crippen LogP contribution is -2.05. The summed E-state index contributed by atoms with van der Waals surface area (Å²) in [7, 11) is 1.50. The zero-order valence-electron chi connectivity index (χ0n) is 7.06. The average Bonchev–Trinajstić information content (AvgIpc) is 2.50. The highest BCUT2D eigenvalue weighted by Crippen LogP contribution is 2.04. The van der Waals surface area contributed by atoms with Gasteiger partial charge in [-0.25, -0.2) is 4.68 Å². The van der Waals surface area contributed by atoms with Crippen molar-refractivity contribution in [3.05, 3.63) is 11.4 Å². The summed E-state index contributed by atoms with van der Waals surface area (Å²) in [4.78, 5) is 0. The normalized spacial score (nSPS) is 9.15. The number of methoxy groups -OCH3 is 1. The van der Waals surface area contributed by atoms with Crippen molar-refractivity contribution in [3.63, 3.8) is 0 Å². The first-order valence-electron chi connectivity index (χ1n) is 3.51. The molecule has 13 heavy (non-hydrogen) atoms. The lowest BCUT2D eigenvalue weighted by atomic mass is 10.3. The number of nitrogens with zero attached hydrogens (tertiary/aromatic N) is 5. The van der Waals surface area contributed by atoms with E-state index in [2.05, 4.69) is 10.3 Å². The van der Waals surface area contributed by atoms with Crippen LogP contribution in [0.5, 0.6) is 0 Å². The molecule has 0 aromatic carbocycles. The molecule has 0 spiro atoms. The molecule has 0 N–H and O–H groups in total. The largest absolute Gasteiger partial charge is 0.378 e. The van der Waals surface area contributed by atoms with Crippen molar-refractivity contribution in [1.82, 2.24) is 15.0 Å². The fraction of sp³-hybridized carbons (Fsp3) is 0.429. The molecule has 0 aliphatic heterocycles. The van der Waals surface area contributed by atoms with Gasteiger partial charge in [-0.05, 0) is 0 Å². The fourth-order valence-electron chi connectivity index (χ4n) is 0.893. The van der Waals surface area contributed by atoms with Crippen molar-refractivity contribution in [3.8, 4) is 12.1 Å². The standard InChI is InChI=1S/C7H7N5O/c1-13-5-7-6(4-9)10-11-12(7)3-2-8/h3,5H2,1H3. The maximum absolute atomic E-state index is 8.62. The molecule has 0 saturated heterocycles. The lowest BCUT2D eigenvalue weighted by Gasteiger charge is -1.99. The second kappa shape index (κ2) is 4.19. The van der Waals surface area contributed by atoms with E-state index in [0.717, 1.165) is 0 Å². The fourth-order valence-corrected chi connectivity index (χ4v) is 0.893. The maximum Gasteiger partial charge on any atom is 0.188 e. The Kier molecular flexibility index (Phi) is 2.96. The predicted molar refractivity (Wildman–Crippen MR) is 41.1 cm³/mol. The molecular weight excluding hydrogens is 170 g/mol. The molecule has 1 aromatic rings. The van der Waals surface area contributed by atoms with Crippen molar-refractivity contribution in [2.24, 2.45) is 0 Å².